The number of aromatic hydroxyl groups is 1. The van der Waals surface area contributed by atoms with Gasteiger partial charge in [-0.25, -0.2) is 0 Å². The lowest BCUT2D eigenvalue weighted by Gasteiger charge is -2.10. The second-order valence-corrected chi connectivity index (χ2v) is 6.52. The van der Waals surface area contributed by atoms with Crippen LogP contribution in [-0.4, -0.2) is 16.7 Å². The number of hydrogen-bond donors (Lipinski definition) is 1. The maximum absolute atomic E-state index is 12.7. The van der Waals surface area contributed by atoms with Crippen LogP contribution in [-0.2, 0) is 12.8 Å². The Morgan fingerprint density at radius 1 is 0.630 bits per heavy atom. The fourth-order valence-corrected chi connectivity index (χ4v) is 3.13. The fraction of sp³-hybridized carbons (Fsp3) is 0.167. The van der Waals surface area contributed by atoms with E-state index in [9.17, 15) is 14.7 Å². The van der Waals surface area contributed by atoms with Crippen molar-refractivity contribution in [2.24, 2.45) is 0 Å². The summed E-state index contributed by atoms with van der Waals surface area (Å²) >= 11 is 0. The van der Waals surface area contributed by atoms with Gasteiger partial charge in [-0.15, -0.1) is 0 Å². The number of Topliss-reactive ketones (excluding diaryl/α,β-unsaturated/α-hetero) is 2. The van der Waals surface area contributed by atoms with E-state index >= 15 is 0 Å². The highest BCUT2D eigenvalue weighted by atomic mass is 16.3. The third kappa shape index (κ3) is 4.91. The quantitative estimate of drug-likeness (QED) is 0.575. The number of phenolic OH excluding ortho intramolecular Hbond substituents is 1. The monoisotopic (exact) mass is 358 g/mol. The van der Waals surface area contributed by atoms with E-state index in [1.807, 2.05) is 60.7 Å². The van der Waals surface area contributed by atoms with Crippen molar-refractivity contribution in [2.75, 3.05) is 0 Å². The molecule has 0 amide bonds. The predicted molar refractivity (Wildman–Crippen MR) is 106 cm³/mol. The minimum atomic E-state index is -0.208. The summed E-state index contributed by atoms with van der Waals surface area (Å²) in [6, 6.07) is 24.2. The summed E-state index contributed by atoms with van der Waals surface area (Å²) in [5, 5.41) is 10.2. The zero-order valence-electron chi connectivity index (χ0n) is 15.1. The summed E-state index contributed by atoms with van der Waals surface area (Å²) < 4.78 is 0. The maximum atomic E-state index is 12.7. The van der Waals surface area contributed by atoms with Crippen molar-refractivity contribution in [3.05, 3.63) is 101 Å². The Balaban J connectivity index is 1.73. The molecule has 0 saturated carbocycles. The van der Waals surface area contributed by atoms with Gasteiger partial charge in [0.2, 0.25) is 0 Å². The van der Waals surface area contributed by atoms with Gasteiger partial charge in [-0.2, -0.15) is 0 Å². The molecule has 3 nitrogen and oxygen atoms in total. The summed E-state index contributed by atoms with van der Waals surface area (Å²) in [5.74, 6) is -0.462. The molecule has 3 rings (SSSR count). The minimum Gasteiger partial charge on any atom is -0.507 e. The Morgan fingerprint density at radius 2 is 1.15 bits per heavy atom. The van der Waals surface area contributed by atoms with Gasteiger partial charge in [0, 0.05) is 18.4 Å². The highest BCUT2D eigenvalue weighted by molar-refractivity contribution is 6.10. The SMILES string of the molecule is O=C(CCc1ccccc1)c1cccc(O)c1C(=O)CCc1ccccc1. The molecular formula is C24H22O3. The van der Waals surface area contributed by atoms with Gasteiger partial charge in [0.05, 0.1) is 5.56 Å². The van der Waals surface area contributed by atoms with Crippen LogP contribution in [0.1, 0.15) is 44.7 Å². The number of phenols is 1. The molecular weight excluding hydrogens is 336 g/mol. The zero-order chi connectivity index (χ0) is 19.1. The summed E-state index contributed by atoms with van der Waals surface area (Å²) in [6.07, 6.45) is 1.73. The molecule has 0 aliphatic rings. The highest BCUT2D eigenvalue weighted by Crippen LogP contribution is 2.25. The molecule has 0 saturated heterocycles. The van der Waals surface area contributed by atoms with E-state index in [4.69, 9.17) is 0 Å². The number of carbonyl (C=O) groups is 2. The number of carbonyl (C=O) groups excluding carboxylic acids is 2. The van der Waals surface area contributed by atoms with E-state index in [0.29, 0.717) is 24.8 Å². The van der Waals surface area contributed by atoms with Gasteiger partial charge in [0.1, 0.15) is 5.75 Å². The average molecular weight is 358 g/mol. The Kier molecular flexibility index (Phi) is 6.16. The normalized spacial score (nSPS) is 10.5. The average Bonchev–Trinajstić information content (AvgIpc) is 2.71. The number of rotatable bonds is 8. The Hall–Kier alpha value is -3.20. The van der Waals surface area contributed by atoms with Crippen molar-refractivity contribution in [1.29, 1.82) is 0 Å². The van der Waals surface area contributed by atoms with Gasteiger partial charge in [-0.1, -0.05) is 72.8 Å². The molecule has 1 N–H and O–H groups in total. The second-order valence-electron chi connectivity index (χ2n) is 6.52. The smallest absolute Gasteiger partial charge is 0.167 e. The second kappa shape index (κ2) is 8.95. The van der Waals surface area contributed by atoms with Crippen LogP contribution in [0.2, 0.25) is 0 Å². The van der Waals surface area contributed by atoms with Crippen molar-refractivity contribution < 1.29 is 14.7 Å². The van der Waals surface area contributed by atoms with Crippen LogP contribution in [0, 0.1) is 0 Å². The fourth-order valence-electron chi connectivity index (χ4n) is 3.13. The molecule has 0 aliphatic heterocycles. The van der Waals surface area contributed by atoms with E-state index < -0.39 is 0 Å². The summed E-state index contributed by atoms with van der Waals surface area (Å²) in [6.45, 7) is 0. The molecule has 3 aromatic rings. The standard InChI is InChI=1S/C24H22O3/c25-21(16-14-18-8-3-1-4-9-18)20-12-7-13-22(26)24(20)23(27)17-15-19-10-5-2-6-11-19/h1-13,26H,14-17H2. The van der Waals surface area contributed by atoms with E-state index in [1.54, 1.807) is 12.1 Å². The molecule has 0 radical (unpaired) electrons. The van der Waals surface area contributed by atoms with E-state index in [1.165, 1.54) is 6.07 Å². The van der Waals surface area contributed by atoms with Crippen LogP contribution in [0.25, 0.3) is 0 Å². The molecule has 27 heavy (non-hydrogen) atoms. The van der Waals surface area contributed by atoms with Crippen molar-refractivity contribution >= 4 is 11.6 Å². The number of hydrogen-bond acceptors (Lipinski definition) is 3. The van der Waals surface area contributed by atoms with Gasteiger partial charge >= 0.3 is 0 Å². The van der Waals surface area contributed by atoms with Gasteiger partial charge in [0.15, 0.2) is 11.6 Å². The number of ketones is 2. The van der Waals surface area contributed by atoms with Crippen LogP contribution in [0.3, 0.4) is 0 Å². The lowest BCUT2D eigenvalue weighted by molar-refractivity contribution is 0.0947. The lowest BCUT2D eigenvalue weighted by Crippen LogP contribution is -2.11. The zero-order valence-corrected chi connectivity index (χ0v) is 15.1. The number of aryl methyl sites for hydroxylation is 2. The Bertz CT molecular complexity index is 915. The molecule has 0 heterocycles. The maximum Gasteiger partial charge on any atom is 0.167 e. The first-order valence-electron chi connectivity index (χ1n) is 9.11. The topological polar surface area (TPSA) is 54.4 Å². The highest BCUT2D eigenvalue weighted by Gasteiger charge is 2.20. The van der Waals surface area contributed by atoms with Crippen molar-refractivity contribution in [3.8, 4) is 5.75 Å². The van der Waals surface area contributed by atoms with Crippen molar-refractivity contribution in [2.45, 2.75) is 25.7 Å². The summed E-state index contributed by atoms with van der Waals surface area (Å²) in [5.41, 5.74) is 2.58. The molecule has 0 unspecified atom stereocenters. The third-order valence-corrected chi connectivity index (χ3v) is 4.59. The van der Waals surface area contributed by atoms with E-state index in [-0.39, 0.29) is 29.3 Å². The first kappa shape index (κ1) is 18.6. The van der Waals surface area contributed by atoms with Crippen LogP contribution < -0.4 is 0 Å². The molecule has 3 aromatic carbocycles. The number of benzene rings is 3. The summed E-state index contributed by atoms with van der Waals surface area (Å²) in [7, 11) is 0. The molecule has 0 bridgehead atoms. The Morgan fingerprint density at radius 3 is 1.70 bits per heavy atom. The van der Waals surface area contributed by atoms with Crippen LogP contribution in [0.5, 0.6) is 5.75 Å². The van der Waals surface area contributed by atoms with E-state index in [2.05, 4.69) is 0 Å². The molecule has 3 heteroatoms. The molecule has 0 atom stereocenters. The third-order valence-electron chi connectivity index (χ3n) is 4.59. The van der Waals surface area contributed by atoms with Crippen LogP contribution in [0.4, 0.5) is 0 Å². The lowest BCUT2D eigenvalue weighted by atomic mass is 9.93. The van der Waals surface area contributed by atoms with Crippen molar-refractivity contribution in [1.82, 2.24) is 0 Å². The van der Waals surface area contributed by atoms with Crippen molar-refractivity contribution in [3.63, 3.8) is 0 Å². The Labute approximate surface area is 159 Å². The predicted octanol–water partition coefficient (Wildman–Crippen LogP) is 5.02. The van der Waals surface area contributed by atoms with E-state index in [0.717, 1.165) is 11.1 Å². The minimum absolute atomic E-state index is 0.126. The first-order chi connectivity index (χ1) is 13.1. The van der Waals surface area contributed by atoms with Gasteiger partial charge < -0.3 is 5.11 Å². The molecule has 0 aliphatic carbocycles. The van der Waals surface area contributed by atoms with Gasteiger partial charge in [-0.3, -0.25) is 9.59 Å². The van der Waals surface area contributed by atoms with Crippen LogP contribution in [0.15, 0.2) is 78.9 Å². The van der Waals surface area contributed by atoms with Crippen LogP contribution >= 0.6 is 0 Å². The largest absolute Gasteiger partial charge is 0.507 e. The molecule has 0 fully saturated rings. The molecule has 136 valence electrons. The first-order valence-corrected chi connectivity index (χ1v) is 9.11. The van der Waals surface area contributed by atoms with Gasteiger partial charge in [0.25, 0.3) is 0 Å². The van der Waals surface area contributed by atoms with Gasteiger partial charge in [-0.05, 0) is 30.0 Å². The summed E-state index contributed by atoms with van der Waals surface area (Å²) in [4.78, 5) is 25.4. The molecule has 0 spiro atoms. The molecule has 0 aromatic heterocycles.